The Morgan fingerprint density at radius 2 is 1.71 bits per heavy atom. The van der Waals surface area contributed by atoms with E-state index in [9.17, 15) is 4.79 Å². The number of nitrogens with zero attached hydrogens (tertiary/aromatic N) is 5. The average Bonchev–Trinajstić information content (AvgIpc) is 3.17. The zero-order valence-corrected chi connectivity index (χ0v) is 17.5. The van der Waals surface area contributed by atoms with Crippen molar-refractivity contribution in [1.82, 2.24) is 23.8 Å². The zero-order valence-electron chi connectivity index (χ0n) is 16.7. The summed E-state index contributed by atoms with van der Waals surface area (Å²) in [5.41, 5.74) is 6.11. The van der Waals surface area contributed by atoms with Crippen LogP contribution in [0.25, 0.3) is 33.2 Å². The van der Waals surface area contributed by atoms with E-state index in [1.54, 1.807) is 28.4 Å². The molecule has 4 aromatic heterocycles. The Labute approximate surface area is 181 Å². The Hall–Kier alpha value is -3.71. The molecule has 4 heterocycles. The van der Waals surface area contributed by atoms with Crippen LogP contribution in [0.15, 0.2) is 82.9 Å². The number of hydrogen-bond donors (Lipinski definition) is 0. The van der Waals surface area contributed by atoms with Gasteiger partial charge >= 0.3 is 0 Å². The molecule has 0 atom stereocenters. The van der Waals surface area contributed by atoms with Gasteiger partial charge in [0, 0.05) is 23.4 Å². The molecule has 7 heteroatoms. The maximum absolute atomic E-state index is 12.5. The quantitative estimate of drug-likeness (QED) is 0.306. The third kappa shape index (κ3) is 2.97. The van der Waals surface area contributed by atoms with Gasteiger partial charge in [-0.1, -0.05) is 36.0 Å². The number of para-hydroxylation sites is 3. The molecule has 2 aromatic carbocycles. The van der Waals surface area contributed by atoms with Crippen LogP contribution in [-0.2, 0) is 5.75 Å². The topological polar surface area (TPSA) is 64.6 Å². The van der Waals surface area contributed by atoms with Crippen molar-refractivity contribution in [3.8, 4) is 0 Å². The number of fused-ring (bicyclic) bond motifs is 6. The van der Waals surface area contributed by atoms with Gasteiger partial charge in [0.2, 0.25) is 0 Å². The molecule has 0 aliphatic heterocycles. The lowest BCUT2D eigenvalue weighted by molar-refractivity contribution is 0.948. The molecule has 6 rings (SSSR count). The monoisotopic (exact) mass is 423 g/mol. The minimum absolute atomic E-state index is 0.0784. The third-order valence-electron chi connectivity index (χ3n) is 5.34. The van der Waals surface area contributed by atoms with Gasteiger partial charge in [-0.05, 0) is 48.9 Å². The maximum Gasteiger partial charge on any atom is 0.258 e. The highest BCUT2D eigenvalue weighted by Gasteiger charge is 2.14. The van der Waals surface area contributed by atoms with Crippen LogP contribution in [0.4, 0.5) is 0 Å². The molecule has 0 saturated carbocycles. The van der Waals surface area contributed by atoms with Crippen LogP contribution in [-0.4, -0.2) is 23.8 Å². The zero-order chi connectivity index (χ0) is 20.9. The molecular weight excluding hydrogens is 406 g/mol. The molecule has 6 nitrogen and oxygen atoms in total. The smallest absolute Gasteiger partial charge is 0.258 e. The molecular formula is C24H17N5OS. The van der Waals surface area contributed by atoms with E-state index >= 15 is 0 Å². The van der Waals surface area contributed by atoms with Crippen molar-refractivity contribution < 1.29 is 0 Å². The van der Waals surface area contributed by atoms with Crippen LogP contribution in [0, 0.1) is 6.92 Å². The third-order valence-corrected chi connectivity index (χ3v) is 6.31. The first-order valence-electron chi connectivity index (χ1n) is 9.95. The van der Waals surface area contributed by atoms with Crippen LogP contribution in [0.1, 0.15) is 11.3 Å². The minimum Gasteiger partial charge on any atom is -0.271 e. The summed E-state index contributed by atoms with van der Waals surface area (Å²) in [6.07, 6.45) is 1.77. The molecule has 0 radical (unpaired) electrons. The van der Waals surface area contributed by atoms with Gasteiger partial charge in [0.25, 0.3) is 5.56 Å². The Kier molecular flexibility index (Phi) is 4.04. The number of imidazole rings is 1. The summed E-state index contributed by atoms with van der Waals surface area (Å²) in [6.45, 7) is 1.99. The van der Waals surface area contributed by atoms with Gasteiger partial charge in [0.15, 0.2) is 5.16 Å². The molecule has 150 valence electrons. The van der Waals surface area contributed by atoms with Crippen LogP contribution < -0.4 is 5.56 Å². The molecule has 0 fully saturated rings. The van der Waals surface area contributed by atoms with Crippen LogP contribution in [0.3, 0.4) is 0 Å². The fourth-order valence-corrected chi connectivity index (χ4v) is 4.78. The molecule has 0 spiro atoms. The van der Waals surface area contributed by atoms with E-state index in [-0.39, 0.29) is 5.56 Å². The van der Waals surface area contributed by atoms with Gasteiger partial charge < -0.3 is 0 Å². The number of aryl methyl sites for hydroxylation is 1. The van der Waals surface area contributed by atoms with Crippen molar-refractivity contribution in [1.29, 1.82) is 0 Å². The molecule has 0 aliphatic carbocycles. The van der Waals surface area contributed by atoms with Crippen LogP contribution in [0.5, 0.6) is 0 Å². The van der Waals surface area contributed by atoms with E-state index in [4.69, 9.17) is 15.0 Å². The molecule has 0 N–H and O–H groups in total. The average molecular weight is 424 g/mol. The van der Waals surface area contributed by atoms with Gasteiger partial charge in [-0.15, -0.1) is 0 Å². The first-order valence-corrected chi connectivity index (χ1v) is 10.9. The predicted octanol–water partition coefficient (Wildman–Crippen LogP) is 4.64. The fraction of sp³-hybridized carbons (Fsp3) is 0.0833. The van der Waals surface area contributed by atoms with Gasteiger partial charge in [-0.2, -0.15) is 0 Å². The second-order valence-electron chi connectivity index (χ2n) is 7.48. The number of rotatable bonds is 3. The minimum atomic E-state index is -0.0784. The summed E-state index contributed by atoms with van der Waals surface area (Å²) in [4.78, 5) is 27.0. The summed E-state index contributed by atoms with van der Waals surface area (Å²) in [6, 6.07) is 21.5. The maximum atomic E-state index is 12.5. The lowest BCUT2D eigenvalue weighted by Gasteiger charge is -2.09. The number of thioether (sulfide) groups is 1. The number of pyridine rings is 1. The highest BCUT2D eigenvalue weighted by molar-refractivity contribution is 7.98. The standard InChI is InChI=1S/C24H17N5OS/c1-15-10-11-28-21(12-15)25-16(13-22(28)30)14-31-24-27-18-7-3-2-6-17(18)23-26-19-8-4-5-9-20(19)29(23)24/h2-13H,14H2,1H3. The van der Waals surface area contributed by atoms with E-state index in [1.165, 1.54) is 0 Å². The number of aromatic nitrogens is 5. The Morgan fingerprint density at radius 1 is 0.903 bits per heavy atom. The summed E-state index contributed by atoms with van der Waals surface area (Å²) in [7, 11) is 0. The lowest BCUT2D eigenvalue weighted by atomic mass is 10.2. The fourth-order valence-electron chi connectivity index (χ4n) is 3.88. The van der Waals surface area contributed by atoms with Crippen LogP contribution in [0.2, 0.25) is 0 Å². The summed E-state index contributed by atoms with van der Waals surface area (Å²) in [5.74, 6) is 0.534. The van der Waals surface area contributed by atoms with E-state index in [2.05, 4.69) is 10.5 Å². The SMILES string of the molecule is Cc1ccn2c(=O)cc(CSc3nc4ccccc4c4nc5ccccc5n34)nc2c1. The molecule has 0 unspecified atom stereocenters. The molecule has 6 aromatic rings. The van der Waals surface area contributed by atoms with Crippen molar-refractivity contribution in [2.24, 2.45) is 0 Å². The molecule has 31 heavy (non-hydrogen) atoms. The Morgan fingerprint density at radius 3 is 2.61 bits per heavy atom. The summed E-state index contributed by atoms with van der Waals surface area (Å²) >= 11 is 1.56. The summed E-state index contributed by atoms with van der Waals surface area (Å²) < 4.78 is 3.66. The predicted molar refractivity (Wildman–Crippen MR) is 124 cm³/mol. The van der Waals surface area contributed by atoms with E-state index in [0.29, 0.717) is 11.4 Å². The van der Waals surface area contributed by atoms with Gasteiger partial charge in [-0.3, -0.25) is 13.6 Å². The first kappa shape index (κ1) is 18.1. The molecule has 0 bridgehead atoms. The summed E-state index contributed by atoms with van der Waals surface area (Å²) in [5, 5.41) is 1.84. The van der Waals surface area contributed by atoms with E-state index in [1.807, 2.05) is 61.5 Å². The van der Waals surface area contributed by atoms with Crippen molar-refractivity contribution >= 4 is 45.0 Å². The van der Waals surface area contributed by atoms with Gasteiger partial charge in [0.05, 0.1) is 22.2 Å². The van der Waals surface area contributed by atoms with Crippen molar-refractivity contribution in [2.75, 3.05) is 0 Å². The molecule has 0 saturated heterocycles. The highest BCUT2D eigenvalue weighted by Crippen LogP contribution is 2.30. The normalized spacial score (nSPS) is 11.8. The second kappa shape index (κ2) is 6.92. The van der Waals surface area contributed by atoms with E-state index in [0.717, 1.165) is 44.0 Å². The number of hydrogen-bond acceptors (Lipinski definition) is 5. The highest BCUT2D eigenvalue weighted by atomic mass is 32.2. The second-order valence-corrected chi connectivity index (χ2v) is 8.42. The van der Waals surface area contributed by atoms with Crippen molar-refractivity contribution in [2.45, 2.75) is 17.8 Å². The Balaban J connectivity index is 1.50. The lowest BCUT2D eigenvalue weighted by Crippen LogP contribution is -2.15. The Bertz CT molecular complexity index is 1690. The van der Waals surface area contributed by atoms with Gasteiger partial charge in [0.1, 0.15) is 11.3 Å². The largest absolute Gasteiger partial charge is 0.271 e. The number of benzene rings is 2. The molecule has 0 amide bonds. The van der Waals surface area contributed by atoms with Crippen molar-refractivity contribution in [3.05, 3.63) is 94.5 Å². The first-order chi connectivity index (χ1) is 15.2. The van der Waals surface area contributed by atoms with Crippen molar-refractivity contribution in [3.63, 3.8) is 0 Å². The van der Waals surface area contributed by atoms with Gasteiger partial charge in [-0.25, -0.2) is 15.0 Å². The molecule has 0 aliphatic rings. The van der Waals surface area contributed by atoms with Crippen LogP contribution >= 0.6 is 11.8 Å². The van der Waals surface area contributed by atoms with E-state index < -0.39 is 0 Å².